The van der Waals surface area contributed by atoms with Crippen LogP contribution in [0.15, 0.2) is 6.07 Å². The van der Waals surface area contributed by atoms with E-state index in [2.05, 4.69) is 22.2 Å². The summed E-state index contributed by atoms with van der Waals surface area (Å²) in [4.78, 5) is 8.65. The Morgan fingerprint density at radius 2 is 1.93 bits per heavy atom. The summed E-state index contributed by atoms with van der Waals surface area (Å²) in [6.07, 6.45) is 0.990. The molecule has 0 saturated carbocycles. The van der Waals surface area contributed by atoms with Gasteiger partial charge in [0, 0.05) is 18.5 Å². The largest absolute Gasteiger partial charge is 0.383 e. The predicted molar refractivity (Wildman–Crippen MR) is 61.1 cm³/mol. The Labute approximate surface area is 91.1 Å². The van der Waals surface area contributed by atoms with Crippen LogP contribution in [0.4, 0.5) is 5.95 Å². The average molecular weight is 209 g/mol. The molecule has 0 aliphatic rings. The van der Waals surface area contributed by atoms with E-state index >= 15 is 0 Å². The highest BCUT2D eigenvalue weighted by molar-refractivity contribution is 5.28. The van der Waals surface area contributed by atoms with Gasteiger partial charge in [0.2, 0.25) is 5.95 Å². The lowest BCUT2D eigenvalue weighted by molar-refractivity contribution is 0.184. The zero-order valence-corrected chi connectivity index (χ0v) is 9.87. The van der Waals surface area contributed by atoms with Crippen molar-refractivity contribution in [1.82, 2.24) is 9.97 Å². The molecule has 0 radical (unpaired) electrons. The number of rotatable bonds is 5. The number of anilines is 1. The van der Waals surface area contributed by atoms with Gasteiger partial charge in [0.1, 0.15) is 0 Å². The van der Waals surface area contributed by atoms with Gasteiger partial charge >= 0.3 is 0 Å². The maximum absolute atomic E-state index is 5.11. The van der Waals surface area contributed by atoms with Gasteiger partial charge in [-0.2, -0.15) is 0 Å². The molecule has 0 aliphatic carbocycles. The summed E-state index contributed by atoms with van der Waals surface area (Å²) in [7, 11) is 1.70. The van der Waals surface area contributed by atoms with E-state index in [4.69, 9.17) is 4.74 Å². The van der Waals surface area contributed by atoms with Crippen molar-refractivity contribution in [3.63, 3.8) is 0 Å². The molecule has 4 heteroatoms. The van der Waals surface area contributed by atoms with Crippen LogP contribution < -0.4 is 5.32 Å². The van der Waals surface area contributed by atoms with E-state index in [1.807, 2.05) is 19.9 Å². The van der Waals surface area contributed by atoms with Gasteiger partial charge in [-0.1, -0.05) is 6.92 Å². The number of aryl methyl sites for hydroxylation is 2. The summed E-state index contributed by atoms with van der Waals surface area (Å²) in [6.45, 7) is 6.72. The van der Waals surface area contributed by atoms with E-state index < -0.39 is 0 Å². The van der Waals surface area contributed by atoms with Crippen molar-refractivity contribution >= 4 is 5.95 Å². The lowest BCUT2D eigenvalue weighted by Gasteiger charge is -2.16. The lowest BCUT2D eigenvalue weighted by atomic mass is 10.2. The fourth-order valence-electron chi connectivity index (χ4n) is 1.44. The van der Waals surface area contributed by atoms with Crippen LogP contribution in [0.25, 0.3) is 0 Å². The van der Waals surface area contributed by atoms with Crippen LogP contribution in [0.2, 0.25) is 0 Å². The summed E-state index contributed by atoms with van der Waals surface area (Å²) in [5, 5.41) is 3.26. The second kappa shape index (κ2) is 5.66. The topological polar surface area (TPSA) is 47.0 Å². The summed E-state index contributed by atoms with van der Waals surface area (Å²) in [6, 6.07) is 2.24. The van der Waals surface area contributed by atoms with Crippen LogP contribution in [-0.4, -0.2) is 29.7 Å². The Kier molecular flexibility index (Phi) is 4.49. The lowest BCUT2D eigenvalue weighted by Crippen LogP contribution is -2.25. The molecular weight excluding hydrogens is 190 g/mol. The zero-order chi connectivity index (χ0) is 11.3. The second-order valence-corrected chi connectivity index (χ2v) is 3.68. The molecule has 84 valence electrons. The van der Waals surface area contributed by atoms with Crippen LogP contribution in [-0.2, 0) is 4.74 Å². The van der Waals surface area contributed by atoms with Crippen molar-refractivity contribution in [1.29, 1.82) is 0 Å². The molecule has 0 spiro atoms. The molecule has 0 aliphatic heterocycles. The van der Waals surface area contributed by atoms with E-state index in [-0.39, 0.29) is 6.04 Å². The van der Waals surface area contributed by atoms with Gasteiger partial charge in [-0.15, -0.1) is 0 Å². The zero-order valence-electron chi connectivity index (χ0n) is 9.87. The molecule has 1 atom stereocenters. The minimum Gasteiger partial charge on any atom is -0.383 e. The van der Waals surface area contributed by atoms with Crippen LogP contribution in [0.3, 0.4) is 0 Å². The minimum absolute atomic E-state index is 0.274. The Bertz CT molecular complexity index is 294. The molecule has 4 nitrogen and oxygen atoms in total. The molecule has 15 heavy (non-hydrogen) atoms. The standard InChI is InChI=1S/C11H19N3O/c1-5-10(7-15-4)14-11-12-8(2)6-9(3)13-11/h6,10H,5,7H2,1-4H3,(H,12,13,14). The number of hydrogen-bond acceptors (Lipinski definition) is 4. The van der Waals surface area contributed by atoms with Gasteiger partial charge in [-0.05, 0) is 26.3 Å². The molecule has 1 heterocycles. The number of hydrogen-bond donors (Lipinski definition) is 1. The Morgan fingerprint density at radius 1 is 1.33 bits per heavy atom. The highest BCUT2D eigenvalue weighted by Gasteiger charge is 2.07. The third kappa shape index (κ3) is 3.83. The van der Waals surface area contributed by atoms with Crippen molar-refractivity contribution in [2.75, 3.05) is 19.0 Å². The smallest absolute Gasteiger partial charge is 0.223 e. The van der Waals surface area contributed by atoms with E-state index in [1.54, 1.807) is 7.11 Å². The SMILES string of the molecule is CCC(COC)Nc1nc(C)cc(C)n1. The molecule has 1 aromatic heterocycles. The molecule has 1 N–H and O–H groups in total. The van der Waals surface area contributed by atoms with Crippen LogP contribution >= 0.6 is 0 Å². The first kappa shape index (κ1) is 11.9. The summed E-state index contributed by atoms with van der Waals surface area (Å²) in [5.74, 6) is 0.691. The molecule has 1 unspecified atom stereocenters. The normalized spacial score (nSPS) is 12.5. The fraction of sp³-hybridized carbons (Fsp3) is 0.636. The minimum atomic E-state index is 0.274. The Morgan fingerprint density at radius 3 is 2.40 bits per heavy atom. The van der Waals surface area contributed by atoms with E-state index in [9.17, 15) is 0 Å². The quantitative estimate of drug-likeness (QED) is 0.805. The van der Waals surface area contributed by atoms with E-state index in [0.29, 0.717) is 12.6 Å². The molecule has 1 rings (SSSR count). The summed E-state index contributed by atoms with van der Waals surface area (Å²) in [5.41, 5.74) is 1.97. The highest BCUT2D eigenvalue weighted by Crippen LogP contribution is 2.06. The van der Waals surface area contributed by atoms with Gasteiger partial charge in [0.25, 0.3) is 0 Å². The first-order valence-corrected chi connectivity index (χ1v) is 5.23. The molecule has 0 bridgehead atoms. The van der Waals surface area contributed by atoms with Gasteiger partial charge in [-0.25, -0.2) is 9.97 Å². The van der Waals surface area contributed by atoms with Gasteiger partial charge in [0.05, 0.1) is 12.6 Å². The maximum atomic E-state index is 5.11. The summed E-state index contributed by atoms with van der Waals surface area (Å²) >= 11 is 0. The molecule has 0 aromatic carbocycles. The third-order valence-electron chi connectivity index (χ3n) is 2.18. The number of ether oxygens (including phenoxy) is 1. The van der Waals surface area contributed by atoms with Crippen molar-refractivity contribution in [2.24, 2.45) is 0 Å². The molecule has 1 aromatic rings. The summed E-state index contributed by atoms with van der Waals surface area (Å²) < 4.78 is 5.11. The molecule has 0 saturated heterocycles. The average Bonchev–Trinajstić information content (AvgIpc) is 2.15. The second-order valence-electron chi connectivity index (χ2n) is 3.68. The van der Waals surface area contributed by atoms with Crippen molar-refractivity contribution in [2.45, 2.75) is 33.2 Å². The first-order valence-electron chi connectivity index (χ1n) is 5.23. The van der Waals surface area contributed by atoms with E-state index in [0.717, 1.165) is 17.8 Å². The number of aromatic nitrogens is 2. The van der Waals surface area contributed by atoms with Crippen molar-refractivity contribution in [3.8, 4) is 0 Å². The van der Waals surface area contributed by atoms with Gasteiger partial charge in [0.15, 0.2) is 0 Å². The maximum Gasteiger partial charge on any atom is 0.223 e. The Balaban J connectivity index is 2.69. The van der Waals surface area contributed by atoms with Crippen molar-refractivity contribution in [3.05, 3.63) is 17.5 Å². The van der Waals surface area contributed by atoms with Gasteiger partial charge < -0.3 is 10.1 Å². The number of nitrogens with zero attached hydrogens (tertiary/aromatic N) is 2. The van der Waals surface area contributed by atoms with Crippen LogP contribution in [0.1, 0.15) is 24.7 Å². The van der Waals surface area contributed by atoms with Crippen LogP contribution in [0, 0.1) is 13.8 Å². The van der Waals surface area contributed by atoms with E-state index in [1.165, 1.54) is 0 Å². The number of nitrogens with one attached hydrogen (secondary N) is 1. The molecular formula is C11H19N3O. The molecule has 0 fully saturated rings. The first-order chi connectivity index (χ1) is 7.15. The number of methoxy groups -OCH3 is 1. The van der Waals surface area contributed by atoms with Crippen LogP contribution in [0.5, 0.6) is 0 Å². The third-order valence-corrected chi connectivity index (χ3v) is 2.18. The van der Waals surface area contributed by atoms with Crippen molar-refractivity contribution < 1.29 is 4.74 Å². The highest BCUT2D eigenvalue weighted by atomic mass is 16.5. The predicted octanol–water partition coefficient (Wildman–Crippen LogP) is 1.93. The fourth-order valence-corrected chi connectivity index (χ4v) is 1.44. The van der Waals surface area contributed by atoms with Gasteiger partial charge in [-0.3, -0.25) is 0 Å². The molecule has 0 amide bonds. The Hall–Kier alpha value is -1.16. The monoisotopic (exact) mass is 209 g/mol.